The van der Waals surface area contributed by atoms with Crippen molar-refractivity contribution in [1.82, 2.24) is 0 Å². The third-order valence-corrected chi connectivity index (χ3v) is 3.91. The van der Waals surface area contributed by atoms with E-state index in [1.807, 2.05) is 0 Å². The van der Waals surface area contributed by atoms with Crippen LogP contribution in [0.5, 0.6) is 0 Å². The molecule has 1 aliphatic heterocycles. The van der Waals surface area contributed by atoms with Gasteiger partial charge in [0.15, 0.2) is 18.2 Å². The molecule has 4 N–H and O–H groups in total. The Bertz CT molecular complexity index is 301. The van der Waals surface area contributed by atoms with Crippen molar-refractivity contribution in [1.29, 1.82) is 0 Å². The minimum atomic E-state index is -1.58. The third kappa shape index (κ3) is 2.57. The number of rotatable bonds is 3. The van der Waals surface area contributed by atoms with Gasteiger partial charge in [-0.15, -0.1) is 0 Å². The summed E-state index contributed by atoms with van der Waals surface area (Å²) in [6.07, 6.45) is -2.47. The van der Waals surface area contributed by atoms with Crippen LogP contribution in [0.4, 0.5) is 0 Å². The van der Waals surface area contributed by atoms with Gasteiger partial charge in [0, 0.05) is 0 Å². The summed E-state index contributed by atoms with van der Waals surface area (Å²) < 4.78 is 4.81. The Morgan fingerprint density at radius 1 is 1.06 bits per heavy atom. The predicted molar refractivity (Wildman–Crippen MR) is 60.5 cm³/mol. The number of ether oxygens (including phenoxy) is 1. The van der Waals surface area contributed by atoms with Gasteiger partial charge in [-0.3, -0.25) is 4.79 Å². The average molecular weight is 260 g/mol. The summed E-state index contributed by atoms with van der Waals surface area (Å²) in [5, 5.41) is 38.1. The van der Waals surface area contributed by atoms with Crippen molar-refractivity contribution in [2.75, 3.05) is 0 Å². The van der Waals surface area contributed by atoms with Gasteiger partial charge in [-0.2, -0.15) is 0 Å². The molecule has 104 valence electrons. The summed E-state index contributed by atoms with van der Waals surface area (Å²) in [5.74, 6) is -0.762. The van der Waals surface area contributed by atoms with E-state index in [1.54, 1.807) is 0 Å². The Kier molecular flexibility index (Phi) is 4.34. The monoisotopic (exact) mass is 260 g/mol. The van der Waals surface area contributed by atoms with Crippen LogP contribution in [0.2, 0.25) is 0 Å². The zero-order valence-corrected chi connectivity index (χ0v) is 10.1. The number of aliphatic hydroxyl groups is 4. The quantitative estimate of drug-likeness (QED) is 0.515. The van der Waals surface area contributed by atoms with Crippen molar-refractivity contribution in [2.45, 2.75) is 62.8 Å². The lowest BCUT2D eigenvalue weighted by atomic mass is 9.82. The van der Waals surface area contributed by atoms with Gasteiger partial charge in [0.2, 0.25) is 0 Å². The first-order chi connectivity index (χ1) is 8.52. The van der Waals surface area contributed by atoms with Crippen LogP contribution in [0, 0.1) is 5.92 Å². The van der Waals surface area contributed by atoms with E-state index in [-0.39, 0.29) is 5.92 Å². The fraction of sp³-hybridized carbons (Fsp3) is 0.917. The molecule has 1 unspecified atom stereocenters. The third-order valence-electron chi connectivity index (χ3n) is 3.91. The first-order valence-electron chi connectivity index (χ1n) is 6.44. The first-order valence-corrected chi connectivity index (χ1v) is 6.44. The molecule has 2 fully saturated rings. The Balaban J connectivity index is 1.98. The van der Waals surface area contributed by atoms with Gasteiger partial charge >= 0.3 is 0 Å². The second-order valence-corrected chi connectivity index (χ2v) is 5.17. The van der Waals surface area contributed by atoms with E-state index in [0.717, 1.165) is 32.1 Å². The van der Waals surface area contributed by atoms with Crippen molar-refractivity contribution >= 4 is 5.78 Å². The van der Waals surface area contributed by atoms with E-state index in [4.69, 9.17) is 4.74 Å². The Morgan fingerprint density at radius 2 is 1.67 bits per heavy atom. The van der Waals surface area contributed by atoms with Gasteiger partial charge < -0.3 is 25.2 Å². The summed E-state index contributed by atoms with van der Waals surface area (Å²) in [5.41, 5.74) is 0. The van der Waals surface area contributed by atoms with Gasteiger partial charge in [-0.25, -0.2) is 0 Å². The maximum atomic E-state index is 12.0. The van der Waals surface area contributed by atoms with Crippen molar-refractivity contribution in [3.05, 3.63) is 0 Å². The number of carbonyl (C=O) groups excluding carboxylic acids is 1. The number of ketones is 1. The highest BCUT2D eigenvalue weighted by molar-refractivity contribution is 5.88. The van der Waals surface area contributed by atoms with E-state index < -0.39 is 36.5 Å². The van der Waals surface area contributed by atoms with Crippen LogP contribution in [-0.4, -0.2) is 56.9 Å². The molecule has 0 amide bonds. The summed E-state index contributed by atoms with van der Waals surface area (Å²) in [6.45, 7) is 0. The van der Waals surface area contributed by atoms with Crippen LogP contribution in [0.3, 0.4) is 0 Å². The normalized spacial score (nSPS) is 39.8. The summed E-state index contributed by atoms with van der Waals surface area (Å²) in [6, 6.07) is 0. The Morgan fingerprint density at radius 3 is 2.17 bits per heavy atom. The topological polar surface area (TPSA) is 107 Å². The molecule has 6 nitrogen and oxygen atoms in total. The molecule has 0 radical (unpaired) electrons. The molecule has 0 spiro atoms. The molecule has 6 heteroatoms. The van der Waals surface area contributed by atoms with Crippen LogP contribution >= 0.6 is 0 Å². The van der Waals surface area contributed by atoms with E-state index >= 15 is 0 Å². The molecule has 1 saturated carbocycles. The number of Topliss-reactive ketones (excluding diaryl/α,β-unsaturated/α-hetero) is 1. The van der Waals surface area contributed by atoms with Crippen LogP contribution in [0.25, 0.3) is 0 Å². The standard InChI is InChI=1S/C12H20O6/c13-7(6-4-2-1-3-5-6)8(14)11-9(15)10(16)12(17)18-11/h6-7,9-13,15-17H,1-5H2/t7?,9-,10-,11-,12+/m1/s1. The molecule has 0 aromatic rings. The minimum Gasteiger partial charge on any atom is -0.387 e. The highest BCUT2D eigenvalue weighted by atomic mass is 16.6. The molecule has 1 aliphatic carbocycles. The van der Waals surface area contributed by atoms with Gasteiger partial charge in [-0.1, -0.05) is 19.3 Å². The Labute approximate surface area is 105 Å². The summed E-state index contributed by atoms with van der Waals surface area (Å²) in [7, 11) is 0. The number of aliphatic hydroxyl groups excluding tert-OH is 4. The lowest BCUT2D eigenvalue weighted by Gasteiger charge is -2.27. The largest absolute Gasteiger partial charge is 0.387 e. The molecule has 5 atom stereocenters. The van der Waals surface area contributed by atoms with Crippen molar-refractivity contribution in [3.63, 3.8) is 0 Å². The average Bonchev–Trinajstić information content (AvgIpc) is 2.66. The van der Waals surface area contributed by atoms with Crippen LogP contribution in [0.1, 0.15) is 32.1 Å². The fourth-order valence-corrected chi connectivity index (χ4v) is 2.74. The zero-order chi connectivity index (χ0) is 13.3. The highest BCUT2D eigenvalue weighted by Gasteiger charge is 2.48. The molecule has 18 heavy (non-hydrogen) atoms. The van der Waals surface area contributed by atoms with E-state index in [0.29, 0.717) is 0 Å². The van der Waals surface area contributed by atoms with Gasteiger partial charge in [-0.05, 0) is 18.8 Å². The van der Waals surface area contributed by atoms with Crippen LogP contribution < -0.4 is 0 Å². The zero-order valence-electron chi connectivity index (χ0n) is 10.1. The maximum absolute atomic E-state index is 12.0. The highest BCUT2D eigenvalue weighted by Crippen LogP contribution is 2.29. The molecular formula is C12H20O6. The van der Waals surface area contributed by atoms with E-state index in [1.165, 1.54) is 0 Å². The first kappa shape index (κ1) is 13.9. The molecule has 0 aromatic heterocycles. The van der Waals surface area contributed by atoms with Crippen molar-refractivity contribution in [2.24, 2.45) is 5.92 Å². The predicted octanol–water partition coefficient (Wildman–Crippen LogP) is -1.06. The number of carbonyl (C=O) groups is 1. The van der Waals surface area contributed by atoms with Crippen LogP contribution in [0.15, 0.2) is 0 Å². The molecule has 2 rings (SSSR count). The number of hydrogen-bond donors (Lipinski definition) is 4. The van der Waals surface area contributed by atoms with E-state index in [9.17, 15) is 25.2 Å². The molecule has 1 heterocycles. The van der Waals surface area contributed by atoms with Crippen molar-refractivity contribution < 1.29 is 30.0 Å². The smallest absolute Gasteiger partial charge is 0.193 e. The minimum absolute atomic E-state index is 0.114. The molecule has 2 aliphatic rings. The summed E-state index contributed by atoms with van der Waals surface area (Å²) in [4.78, 5) is 12.0. The fourth-order valence-electron chi connectivity index (χ4n) is 2.74. The Hall–Kier alpha value is -0.530. The molecule has 0 aromatic carbocycles. The molecule has 0 bridgehead atoms. The maximum Gasteiger partial charge on any atom is 0.193 e. The van der Waals surface area contributed by atoms with Gasteiger partial charge in [0.25, 0.3) is 0 Å². The van der Waals surface area contributed by atoms with Crippen LogP contribution in [-0.2, 0) is 9.53 Å². The number of hydrogen-bond acceptors (Lipinski definition) is 6. The molecule has 1 saturated heterocycles. The van der Waals surface area contributed by atoms with Crippen molar-refractivity contribution in [3.8, 4) is 0 Å². The van der Waals surface area contributed by atoms with Gasteiger partial charge in [0.05, 0.1) is 0 Å². The lowest BCUT2D eigenvalue weighted by molar-refractivity contribution is -0.158. The molecular weight excluding hydrogens is 240 g/mol. The van der Waals surface area contributed by atoms with Gasteiger partial charge in [0.1, 0.15) is 18.3 Å². The van der Waals surface area contributed by atoms with E-state index in [2.05, 4.69) is 0 Å². The second-order valence-electron chi connectivity index (χ2n) is 5.17. The summed E-state index contributed by atoms with van der Waals surface area (Å²) >= 11 is 0. The lowest BCUT2D eigenvalue weighted by Crippen LogP contribution is -2.44. The second kappa shape index (κ2) is 5.63. The SMILES string of the molecule is O=C(C(O)C1CCCCC1)[C@H]1O[C@H](O)[C@H](O)[C@H]1O.